The number of benzene rings is 1. The largest absolute Gasteiger partial charge is 0.504 e. The third-order valence-corrected chi connectivity index (χ3v) is 2.77. The molecule has 1 atom stereocenters. The van der Waals surface area contributed by atoms with E-state index in [0.717, 1.165) is 5.56 Å². The summed E-state index contributed by atoms with van der Waals surface area (Å²) in [7, 11) is 1.49. The van der Waals surface area contributed by atoms with Crippen molar-refractivity contribution in [3.05, 3.63) is 23.3 Å². The lowest BCUT2D eigenvalue weighted by Crippen LogP contribution is -2.16. The van der Waals surface area contributed by atoms with E-state index in [2.05, 4.69) is 20.8 Å². The van der Waals surface area contributed by atoms with Gasteiger partial charge in [0.25, 0.3) is 0 Å². The number of aromatic hydroxyl groups is 1. The highest BCUT2D eigenvalue weighted by Gasteiger charge is 2.21. The number of aliphatic hydroxyl groups is 1. The van der Waals surface area contributed by atoms with E-state index < -0.39 is 6.10 Å². The van der Waals surface area contributed by atoms with Crippen LogP contribution in [0.25, 0.3) is 0 Å². The maximum absolute atomic E-state index is 9.94. The highest BCUT2D eigenvalue weighted by molar-refractivity contribution is 5.51. The highest BCUT2D eigenvalue weighted by atomic mass is 16.5. The number of phenolic OH excluding ortho intramolecular Hbond substituents is 1. The van der Waals surface area contributed by atoms with Gasteiger partial charge in [0.1, 0.15) is 0 Å². The molecule has 0 aliphatic carbocycles. The first-order valence-electron chi connectivity index (χ1n) is 5.60. The second kappa shape index (κ2) is 4.94. The fourth-order valence-electron chi connectivity index (χ4n) is 1.60. The Morgan fingerprint density at radius 1 is 1.35 bits per heavy atom. The van der Waals surface area contributed by atoms with Crippen molar-refractivity contribution in [2.24, 2.45) is 5.73 Å². The number of phenols is 1. The summed E-state index contributed by atoms with van der Waals surface area (Å²) in [5, 5.41) is 19.7. The molecule has 0 saturated heterocycles. The predicted octanol–water partition coefficient (Wildman–Crippen LogP) is 1.69. The molecule has 0 radical (unpaired) electrons. The molecule has 1 rings (SSSR count). The Morgan fingerprint density at radius 2 is 1.94 bits per heavy atom. The van der Waals surface area contributed by atoms with Crippen LogP contribution in [0.3, 0.4) is 0 Å². The summed E-state index contributed by atoms with van der Waals surface area (Å²) in [6.45, 7) is 6.22. The van der Waals surface area contributed by atoms with E-state index in [1.807, 2.05) is 0 Å². The molecule has 4 nitrogen and oxygen atoms in total. The number of rotatable bonds is 3. The lowest BCUT2D eigenvalue weighted by atomic mass is 9.85. The van der Waals surface area contributed by atoms with Crippen molar-refractivity contribution >= 4 is 0 Å². The fraction of sp³-hybridized carbons (Fsp3) is 0.538. The van der Waals surface area contributed by atoms with Gasteiger partial charge in [0.05, 0.1) is 13.2 Å². The van der Waals surface area contributed by atoms with E-state index >= 15 is 0 Å². The van der Waals surface area contributed by atoms with E-state index in [0.29, 0.717) is 11.3 Å². The average molecular weight is 239 g/mol. The van der Waals surface area contributed by atoms with Crippen LogP contribution < -0.4 is 10.5 Å². The Labute approximate surface area is 102 Å². The van der Waals surface area contributed by atoms with Gasteiger partial charge in [-0.15, -0.1) is 0 Å². The van der Waals surface area contributed by atoms with Gasteiger partial charge in [-0.1, -0.05) is 20.8 Å². The Morgan fingerprint density at radius 3 is 2.35 bits per heavy atom. The van der Waals surface area contributed by atoms with Crippen molar-refractivity contribution < 1.29 is 14.9 Å². The van der Waals surface area contributed by atoms with Gasteiger partial charge in [0, 0.05) is 12.1 Å². The smallest absolute Gasteiger partial charge is 0.163 e. The van der Waals surface area contributed by atoms with Crippen LogP contribution in [0.15, 0.2) is 12.1 Å². The molecule has 4 heteroatoms. The van der Waals surface area contributed by atoms with Gasteiger partial charge in [0.15, 0.2) is 11.5 Å². The molecule has 0 fully saturated rings. The lowest BCUT2D eigenvalue weighted by Gasteiger charge is -2.23. The molecule has 0 aliphatic rings. The summed E-state index contributed by atoms with van der Waals surface area (Å²) in [4.78, 5) is 0. The van der Waals surface area contributed by atoms with Crippen molar-refractivity contribution in [2.45, 2.75) is 32.3 Å². The van der Waals surface area contributed by atoms with E-state index in [1.54, 1.807) is 12.1 Å². The molecule has 0 aromatic heterocycles. The maximum Gasteiger partial charge on any atom is 0.163 e. The van der Waals surface area contributed by atoms with E-state index in [4.69, 9.17) is 10.5 Å². The van der Waals surface area contributed by atoms with Gasteiger partial charge < -0.3 is 20.7 Å². The van der Waals surface area contributed by atoms with E-state index in [9.17, 15) is 10.2 Å². The molecule has 1 aromatic carbocycles. The molecule has 96 valence electrons. The average Bonchev–Trinajstić information content (AvgIpc) is 2.26. The topological polar surface area (TPSA) is 75.7 Å². The zero-order valence-corrected chi connectivity index (χ0v) is 10.8. The van der Waals surface area contributed by atoms with Crippen LogP contribution in [0, 0.1) is 0 Å². The monoisotopic (exact) mass is 239 g/mol. The third-order valence-electron chi connectivity index (χ3n) is 2.77. The zero-order valence-electron chi connectivity index (χ0n) is 10.8. The number of aliphatic hydroxyl groups excluding tert-OH is 1. The summed E-state index contributed by atoms with van der Waals surface area (Å²) >= 11 is 0. The SMILES string of the molecule is COc1cc(C(C)(C)C)cc(C(O)CN)c1O. The van der Waals surface area contributed by atoms with Crippen molar-refractivity contribution in [1.82, 2.24) is 0 Å². The number of ether oxygens (including phenoxy) is 1. The van der Waals surface area contributed by atoms with Crippen LogP contribution in [-0.2, 0) is 5.41 Å². The molecule has 1 aromatic rings. The van der Waals surface area contributed by atoms with Gasteiger partial charge >= 0.3 is 0 Å². The minimum atomic E-state index is -0.883. The molecule has 17 heavy (non-hydrogen) atoms. The number of methoxy groups -OCH3 is 1. The van der Waals surface area contributed by atoms with E-state index in [1.165, 1.54) is 7.11 Å². The van der Waals surface area contributed by atoms with Crippen LogP contribution in [0.4, 0.5) is 0 Å². The highest BCUT2D eigenvalue weighted by Crippen LogP contribution is 2.38. The first kappa shape index (κ1) is 13.8. The van der Waals surface area contributed by atoms with E-state index in [-0.39, 0.29) is 17.7 Å². The molecular weight excluding hydrogens is 218 g/mol. The van der Waals surface area contributed by atoms with Crippen LogP contribution in [0.5, 0.6) is 11.5 Å². The number of hydrogen-bond acceptors (Lipinski definition) is 4. The van der Waals surface area contributed by atoms with Gasteiger partial charge in [-0.25, -0.2) is 0 Å². The normalized spacial score (nSPS) is 13.5. The van der Waals surface area contributed by atoms with Crippen LogP contribution in [-0.4, -0.2) is 23.9 Å². The maximum atomic E-state index is 9.94. The molecule has 0 saturated carbocycles. The number of hydrogen-bond donors (Lipinski definition) is 3. The molecule has 0 amide bonds. The van der Waals surface area contributed by atoms with Gasteiger partial charge in [0.2, 0.25) is 0 Å². The molecule has 1 unspecified atom stereocenters. The van der Waals surface area contributed by atoms with Gasteiger partial charge in [-0.05, 0) is 23.1 Å². The molecule has 0 bridgehead atoms. The quantitative estimate of drug-likeness (QED) is 0.750. The molecule has 0 spiro atoms. The number of nitrogens with two attached hydrogens (primary N) is 1. The van der Waals surface area contributed by atoms with Gasteiger partial charge in [-0.2, -0.15) is 0 Å². The summed E-state index contributed by atoms with van der Waals surface area (Å²) in [5.41, 5.74) is 6.72. The fourth-order valence-corrected chi connectivity index (χ4v) is 1.60. The third kappa shape index (κ3) is 2.90. The van der Waals surface area contributed by atoms with Crippen LogP contribution in [0.2, 0.25) is 0 Å². The Kier molecular flexibility index (Phi) is 4.01. The summed E-state index contributed by atoms with van der Waals surface area (Å²) in [6.07, 6.45) is -0.883. The summed E-state index contributed by atoms with van der Waals surface area (Å²) in [6, 6.07) is 3.55. The Balaban J connectivity index is 3.39. The molecular formula is C13H21NO3. The van der Waals surface area contributed by atoms with Crippen LogP contribution >= 0.6 is 0 Å². The summed E-state index contributed by atoms with van der Waals surface area (Å²) in [5.74, 6) is 0.318. The minimum Gasteiger partial charge on any atom is -0.504 e. The zero-order chi connectivity index (χ0) is 13.2. The Bertz CT molecular complexity index is 396. The van der Waals surface area contributed by atoms with Crippen LogP contribution in [0.1, 0.15) is 38.0 Å². The standard InChI is InChI=1S/C13H21NO3/c1-13(2,3)8-5-9(10(15)7-14)12(16)11(6-8)17-4/h5-6,10,15-16H,7,14H2,1-4H3. The molecule has 4 N–H and O–H groups in total. The predicted molar refractivity (Wildman–Crippen MR) is 67.4 cm³/mol. The van der Waals surface area contributed by atoms with Crippen molar-refractivity contribution in [1.29, 1.82) is 0 Å². The van der Waals surface area contributed by atoms with Gasteiger partial charge in [-0.3, -0.25) is 0 Å². The second-order valence-electron chi connectivity index (χ2n) is 5.12. The molecule has 0 heterocycles. The molecule has 0 aliphatic heterocycles. The van der Waals surface area contributed by atoms with Crippen molar-refractivity contribution in [3.63, 3.8) is 0 Å². The lowest BCUT2D eigenvalue weighted by molar-refractivity contribution is 0.181. The van der Waals surface area contributed by atoms with Crippen molar-refractivity contribution in [2.75, 3.05) is 13.7 Å². The Hall–Kier alpha value is -1.26. The summed E-state index contributed by atoms with van der Waals surface area (Å²) < 4.78 is 5.11. The second-order valence-corrected chi connectivity index (χ2v) is 5.12. The van der Waals surface area contributed by atoms with Crippen molar-refractivity contribution in [3.8, 4) is 11.5 Å². The first-order chi connectivity index (χ1) is 7.81. The minimum absolute atomic E-state index is 0.0431. The first-order valence-corrected chi connectivity index (χ1v) is 5.60.